The SMILES string of the molecule is CCOc1ccc(Nc2c(N3CCCC3)sc(=O)n2N)cc1. The van der Waals surface area contributed by atoms with Crippen molar-refractivity contribution < 1.29 is 4.74 Å². The molecule has 1 aromatic heterocycles. The molecule has 0 amide bonds. The van der Waals surface area contributed by atoms with E-state index in [1.54, 1.807) is 0 Å². The number of nitrogens with zero attached hydrogens (tertiary/aromatic N) is 2. The topological polar surface area (TPSA) is 72.5 Å². The van der Waals surface area contributed by atoms with Gasteiger partial charge in [0.05, 0.1) is 6.61 Å². The van der Waals surface area contributed by atoms with E-state index in [9.17, 15) is 4.79 Å². The van der Waals surface area contributed by atoms with Crippen molar-refractivity contribution in [3.8, 4) is 5.75 Å². The number of rotatable bonds is 5. The molecule has 0 unspecified atom stereocenters. The zero-order chi connectivity index (χ0) is 15.5. The Hall–Kier alpha value is -2.15. The predicted octanol–water partition coefficient (Wildman–Crippen LogP) is 2.37. The molecule has 0 spiro atoms. The maximum Gasteiger partial charge on any atom is 0.329 e. The van der Waals surface area contributed by atoms with Crippen molar-refractivity contribution in [1.82, 2.24) is 4.68 Å². The first-order valence-electron chi connectivity index (χ1n) is 7.45. The minimum Gasteiger partial charge on any atom is -0.494 e. The summed E-state index contributed by atoms with van der Waals surface area (Å²) in [5.74, 6) is 7.37. The minimum absolute atomic E-state index is 0.157. The van der Waals surface area contributed by atoms with Gasteiger partial charge in [-0.15, -0.1) is 0 Å². The Bertz CT molecular complexity index is 687. The van der Waals surface area contributed by atoms with E-state index in [0.29, 0.717) is 12.4 Å². The van der Waals surface area contributed by atoms with Gasteiger partial charge >= 0.3 is 4.87 Å². The van der Waals surface area contributed by atoms with E-state index >= 15 is 0 Å². The highest BCUT2D eigenvalue weighted by Crippen LogP contribution is 2.33. The second kappa shape index (κ2) is 6.31. The molecule has 1 aliphatic rings. The van der Waals surface area contributed by atoms with E-state index in [1.165, 1.54) is 16.0 Å². The number of thiazole rings is 1. The summed E-state index contributed by atoms with van der Waals surface area (Å²) < 4.78 is 6.62. The van der Waals surface area contributed by atoms with Gasteiger partial charge in [-0.3, -0.25) is 4.79 Å². The maximum absolute atomic E-state index is 11.9. The summed E-state index contributed by atoms with van der Waals surface area (Å²) in [6, 6.07) is 7.63. The fourth-order valence-electron chi connectivity index (χ4n) is 2.56. The standard InChI is InChI=1S/C15H20N4O2S/c1-2-21-12-7-5-11(6-8-12)17-13-14(18-9-3-4-10-18)22-15(20)19(13)16/h5-8,17H,2-4,9-10,16H2,1H3. The Kier molecular flexibility index (Phi) is 4.24. The molecule has 118 valence electrons. The molecular formula is C15H20N4O2S. The first-order chi connectivity index (χ1) is 10.7. The Morgan fingerprint density at radius 3 is 2.59 bits per heavy atom. The lowest BCUT2D eigenvalue weighted by Crippen LogP contribution is -2.24. The van der Waals surface area contributed by atoms with Crippen molar-refractivity contribution in [2.75, 3.05) is 35.8 Å². The molecule has 0 aliphatic carbocycles. The number of hydrogen-bond acceptors (Lipinski definition) is 6. The van der Waals surface area contributed by atoms with Crippen molar-refractivity contribution in [2.45, 2.75) is 19.8 Å². The smallest absolute Gasteiger partial charge is 0.329 e. The number of nitrogens with one attached hydrogen (secondary N) is 1. The summed E-state index contributed by atoms with van der Waals surface area (Å²) >= 11 is 1.19. The van der Waals surface area contributed by atoms with Crippen LogP contribution in [-0.4, -0.2) is 24.4 Å². The molecule has 1 aliphatic heterocycles. The molecule has 2 aromatic rings. The lowest BCUT2D eigenvalue weighted by molar-refractivity contribution is 0.340. The largest absolute Gasteiger partial charge is 0.494 e. The van der Waals surface area contributed by atoms with E-state index in [1.807, 2.05) is 31.2 Å². The summed E-state index contributed by atoms with van der Waals surface area (Å²) in [4.78, 5) is 14.0. The van der Waals surface area contributed by atoms with Gasteiger partial charge in [0.1, 0.15) is 10.8 Å². The van der Waals surface area contributed by atoms with Crippen LogP contribution in [0.5, 0.6) is 5.75 Å². The zero-order valence-corrected chi connectivity index (χ0v) is 13.4. The lowest BCUT2D eigenvalue weighted by atomic mass is 10.3. The molecule has 0 bridgehead atoms. The van der Waals surface area contributed by atoms with Crippen LogP contribution >= 0.6 is 11.3 Å². The average molecular weight is 320 g/mol. The second-order valence-electron chi connectivity index (χ2n) is 5.17. The van der Waals surface area contributed by atoms with Crippen molar-refractivity contribution in [3.05, 3.63) is 33.9 Å². The second-order valence-corrected chi connectivity index (χ2v) is 6.11. The molecule has 6 nitrogen and oxygen atoms in total. The number of nitrogens with two attached hydrogens (primary N) is 1. The third-order valence-electron chi connectivity index (χ3n) is 3.65. The molecule has 1 aromatic carbocycles. The van der Waals surface area contributed by atoms with E-state index in [-0.39, 0.29) is 4.87 Å². The normalized spacial score (nSPS) is 14.3. The van der Waals surface area contributed by atoms with Crippen LogP contribution in [0.1, 0.15) is 19.8 Å². The van der Waals surface area contributed by atoms with Gasteiger partial charge < -0.3 is 20.8 Å². The fourth-order valence-corrected chi connectivity index (χ4v) is 3.47. The molecule has 0 radical (unpaired) electrons. The highest BCUT2D eigenvalue weighted by atomic mass is 32.1. The summed E-state index contributed by atoms with van der Waals surface area (Å²) in [7, 11) is 0. The Morgan fingerprint density at radius 2 is 1.95 bits per heavy atom. The molecule has 1 saturated heterocycles. The number of aromatic nitrogens is 1. The van der Waals surface area contributed by atoms with Gasteiger partial charge in [0, 0.05) is 18.8 Å². The van der Waals surface area contributed by atoms with Crippen LogP contribution in [0.25, 0.3) is 0 Å². The number of nitrogen functional groups attached to an aromatic ring is 1. The lowest BCUT2D eigenvalue weighted by Gasteiger charge is -2.18. The summed E-state index contributed by atoms with van der Waals surface area (Å²) in [6.45, 7) is 4.53. The Morgan fingerprint density at radius 1 is 1.27 bits per heavy atom. The van der Waals surface area contributed by atoms with Gasteiger partial charge in [-0.25, -0.2) is 0 Å². The van der Waals surface area contributed by atoms with Crippen LogP contribution in [0.3, 0.4) is 0 Å². The highest BCUT2D eigenvalue weighted by molar-refractivity contribution is 7.14. The van der Waals surface area contributed by atoms with E-state index in [0.717, 1.165) is 42.4 Å². The van der Waals surface area contributed by atoms with Crippen molar-refractivity contribution in [3.63, 3.8) is 0 Å². The number of benzene rings is 1. The molecule has 1 fully saturated rings. The van der Waals surface area contributed by atoms with Crippen LogP contribution in [0.2, 0.25) is 0 Å². The maximum atomic E-state index is 11.9. The first kappa shape index (κ1) is 14.8. The summed E-state index contributed by atoms with van der Waals surface area (Å²) in [5.41, 5.74) is 0.876. The van der Waals surface area contributed by atoms with Gasteiger partial charge in [0.15, 0.2) is 5.82 Å². The third kappa shape index (κ3) is 2.89. The third-order valence-corrected chi connectivity index (χ3v) is 4.66. The number of hydrogen-bond donors (Lipinski definition) is 2. The predicted molar refractivity (Wildman–Crippen MR) is 91.1 cm³/mol. The molecule has 7 heteroatoms. The highest BCUT2D eigenvalue weighted by Gasteiger charge is 2.21. The molecule has 3 N–H and O–H groups in total. The fraction of sp³-hybridized carbons (Fsp3) is 0.400. The molecule has 0 saturated carbocycles. The Balaban J connectivity index is 1.86. The van der Waals surface area contributed by atoms with Crippen molar-refractivity contribution in [1.29, 1.82) is 0 Å². The zero-order valence-electron chi connectivity index (χ0n) is 12.5. The van der Waals surface area contributed by atoms with Gasteiger partial charge in [0.2, 0.25) is 0 Å². The quantitative estimate of drug-likeness (QED) is 0.828. The van der Waals surface area contributed by atoms with Crippen LogP contribution in [0.15, 0.2) is 29.1 Å². The van der Waals surface area contributed by atoms with Crippen LogP contribution in [-0.2, 0) is 0 Å². The minimum atomic E-state index is -0.157. The van der Waals surface area contributed by atoms with E-state index in [4.69, 9.17) is 10.6 Å². The van der Waals surface area contributed by atoms with E-state index in [2.05, 4.69) is 10.2 Å². The van der Waals surface area contributed by atoms with Crippen LogP contribution in [0, 0.1) is 0 Å². The first-order valence-corrected chi connectivity index (χ1v) is 8.26. The Labute approximate surface area is 133 Å². The van der Waals surface area contributed by atoms with Crippen molar-refractivity contribution in [2.24, 2.45) is 0 Å². The van der Waals surface area contributed by atoms with Crippen LogP contribution in [0.4, 0.5) is 16.5 Å². The van der Waals surface area contributed by atoms with Gasteiger partial charge in [-0.2, -0.15) is 4.68 Å². The van der Waals surface area contributed by atoms with E-state index < -0.39 is 0 Å². The monoisotopic (exact) mass is 320 g/mol. The van der Waals surface area contributed by atoms with Gasteiger partial charge in [-0.05, 0) is 44.0 Å². The van der Waals surface area contributed by atoms with Gasteiger partial charge in [-0.1, -0.05) is 11.3 Å². The average Bonchev–Trinajstić information content (AvgIpc) is 3.13. The summed E-state index contributed by atoms with van der Waals surface area (Å²) in [5, 5.41) is 4.17. The van der Waals surface area contributed by atoms with Crippen molar-refractivity contribution >= 4 is 27.8 Å². The molecule has 22 heavy (non-hydrogen) atoms. The summed E-state index contributed by atoms with van der Waals surface area (Å²) in [6.07, 6.45) is 2.30. The molecule has 0 atom stereocenters. The number of ether oxygens (including phenoxy) is 1. The van der Waals surface area contributed by atoms with Crippen LogP contribution < -0.4 is 25.7 Å². The molecule has 2 heterocycles. The molecular weight excluding hydrogens is 300 g/mol. The van der Waals surface area contributed by atoms with Gasteiger partial charge in [0.25, 0.3) is 0 Å². The molecule has 3 rings (SSSR count). The number of anilines is 3.